The van der Waals surface area contributed by atoms with Crippen LogP contribution in [0.15, 0.2) is 0 Å². The summed E-state index contributed by atoms with van der Waals surface area (Å²) in [5.74, 6) is 6.62. The van der Waals surface area contributed by atoms with Crippen molar-refractivity contribution in [2.24, 2.45) is 58.7 Å². The van der Waals surface area contributed by atoms with Crippen molar-refractivity contribution in [3.63, 3.8) is 0 Å². The van der Waals surface area contributed by atoms with Crippen molar-refractivity contribution >= 4 is 5.97 Å². The van der Waals surface area contributed by atoms with Gasteiger partial charge < -0.3 is 28.7 Å². The Labute approximate surface area is 407 Å². The first-order valence-corrected chi connectivity index (χ1v) is 28.3. The number of carbonyl (C=O) groups excluding carboxylic acids is 1. The number of piperazine rings is 1. The van der Waals surface area contributed by atoms with E-state index in [1.165, 1.54) is 116 Å². The molecule has 0 amide bonds. The zero-order valence-corrected chi connectivity index (χ0v) is 46.2. The fourth-order valence-corrected chi connectivity index (χ4v) is 9.53. The molecule has 0 N–H and O–H groups in total. The lowest BCUT2D eigenvalue weighted by Gasteiger charge is -2.34. The largest absolute Gasteiger partial charge is 0.465 e. The minimum Gasteiger partial charge on any atom is -0.465 e. The monoisotopic (exact) mass is 921 g/mol. The molecule has 6 atom stereocenters. The van der Waals surface area contributed by atoms with Crippen molar-refractivity contribution in [1.82, 2.24) is 9.80 Å². The summed E-state index contributed by atoms with van der Waals surface area (Å²) < 4.78 is 26.0. The van der Waals surface area contributed by atoms with Crippen molar-refractivity contribution in [2.75, 3.05) is 86.0 Å². The SMILES string of the molecule is CC(C)CCCC(C)CCCC(C)CCOCC(COCCC(C)CCCC(C)CCCC(C)C)(COCCC(C)CCCC(C)CCCC(C)C)COC(=O)CCN1CCN(C)CC1. The second-order valence-electron chi connectivity index (χ2n) is 24.0. The zero-order chi connectivity index (χ0) is 48.3. The summed E-state index contributed by atoms with van der Waals surface area (Å²) in [6.45, 7) is 37.2. The molecule has 0 aromatic carbocycles. The summed E-state index contributed by atoms with van der Waals surface area (Å²) in [6.07, 6.45) is 27.4. The number of hydrogen-bond acceptors (Lipinski definition) is 7. The number of carbonyl (C=O) groups is 1. The van der Waals surface area contributed by atoms with Gasteiger partial charge in [-0.1, -0.05) is 199 Å². The van der Waals surface area contributed by atoms with E-state index in [-0.39, 0.29) is 12.6 Å². The molecule has 1 rings (SSSR count). The first-order valence-electron chi connectivity index (χ1n) is 28.3. The molecule has 1 heterocycles. The van der Waals surface area contributed by atoms with E-state index in [2.05, 4.69) is 99.9 Å². The Morgan fingerprint density at radius 1 is 0.415 bits per heavy atom. The highest BCUT2D eigenvalue weighted by Crippen LogP contribution is 2.26. The molecule has 0 radical (unpaired) electrons. The van der Waals surface area contributed by atoms with Crippen LogP contribution in [0.5, 0.6) is 0 Å². The van der Waals surface area contributed by atoms with Crippen LogP contribution in [0.3, 0.4) is 0 Å². The highest BCUT2D eigenvalue weighted by Gasteiger charge is 2.34. The zero-order valence-electron chi connectivity index (χ0n) is 46.2. The normalized spacial score (nSPS) is 18.0. The summed E-state index contributed by atoms with van der Waals surface area (Å²) in [4.78, 5) is 18.1. The van der Waals surface area contributed by atoms with Crippen molar-refractivity contribution in [3.05, 3.63) is 0 Å². The minimum absolute atomic E-state index is 0.125. The lowest BCUT2D eigenvalue weighted by molar-refractivity contribution is -0.156. The fourth-order valence-electron chi connectivity index (χ4n) is 9.53. The lowest BCUT2D eigenvalue weighted by atomic mass is 9.91. The van der Waals surface area contributed by atoms with Gasteiger partial charge in [-0.2, -0.15) is 0 Å². The molecular weight excluding hydrogens is 805 g/mol. The average Bonchev–Trinajstić information content (AvgIpc) is 3.24. The van der Waals surface area contributed by atoms with Crippen molar-refractivity contribution < 1.29 is 23.7 Å². The lowest BCUT2D eigenvalue weighted by Crippen LogP contribution is -2.45. The number of ether oxygens (including phenoxy) is 4. The Balaban J connectivity index is 2.90. The fraction of sp³-hybridized carbons (Fsp3) is 0.983. The number of esters is 1. The van der Waals surface area contributed by atoms with Crippen LogP contribution in [-0.4, -0.2) is 102 Å². The molecule has 6 unspecified atom stereocenters. The van der Waals surface area contributed by atoms with Gasteiger partial charge in [0.25, 0.3) is 0 Å². The van der Waals surface area contributed by atoms with Gasteiger partial charge in [-0.15, -0.1) is 0 Å². The number of hydrogen-bond donors (Lipinski definition) is 0. The molecule has 0 aromatic heterocycles. The van der Waals surface area contributed by atoms with Crippen LogP contribution < -0.4 is 0 Å². The molecule has 7 nitrogen and oxygen atoms in total. The summed E-state index contributed by atoms with van der Waals surface area (Å²) in [5.41, 5.74) is -0.540. The Morgan fingerprint density at radius 3 is 1.02 bits per heavy atom. The maximum atomic E-state index is 13.4. The standard InChI is InChI=1S/C58H116N2O5/c1-48(2)20-14-23-51(7)26-17-29-54(10)33-41-62-44-58(47-65-57(61)32-36-60-39-37-59(13)38-40-60,45-63-42-34-55(11)30-18-27-52(8)24-15-21-49(3)4)46-64-43-35-56(12)31-19-28-53(9)25-16-22-50(5)6/h48-56H,14-47H2,1-13H3. The summed E-state index contributed by atoms with van der Waals surface area (Å²) in [6, 6.07) is 0. The van der Waals surface area contributed by atoms with Gasteiger partial charge in [0.1, 0.15) is 6.61 Å². The second-order valence-corrected chi connectivity index (χ2v) is 24.0. The van der Waals surface area contributed by atoms with Gasteiger partial charge in [0.05, 0.1) is 31.7 Å². The predicted octanol–water partition coefficient (Wildman–Crippen LogP) is 15.2. The van der Waals surface area contributed by atoms with Gasteiger partial charge in [0, 0.05) is 52.5 Å². The van der Waals surface area contributed by atoms with Crippen LogP contribution in [0.4, 0.5) is 0 Å². The van der Waals surface area contributed by atoms with E-state index in [0.29, 0.717) is 63.8 Å². The highest BCUT2D eigenvalue weighted by molar-refractivity contribution is 5.69. The molecular formula is C58H116N2O5. The second kappa shape index (κ2) is 39.0. The predicted molar refractivity (Wildman–Crippen MR) is 281 cm³/mol. The molecule has 7 heteroatoms. The van der Waals surface area contributed by atoms with Crippen LogP contribution in [0.25, 0.3) is 0 Å². The minimum atomic E-state index is -0.540. The smallest absolute Gasteiger partial charge is 0.307 e. The molecule has 65 heavy (non-hydrogen) atoms. The van der Waals surface area contributed by atoms with E-state index in [1.807, 2.05) is 0 Å². The molecule has 1 aliphatic rings. The molecule has 0 bridgehead atoms. The Hall–Kier alpha value is -0.730. The maximum absolute atomic E-state index is 13.4. The molecule has 1 saturated heterocycles. The Morgan fingerprint density at radius 2 is 0.708 bits per heavy atom. The van der Waals surface area contributed by atoms with Gasteiger partial charge in [-0.3, -0.25) is 4.79 Å². The molecule has 388 valence electrons. The summed E-state index contributed by atoms with van der Waals surface area (Å²) in [7, 11) is 2.17. The number of rotatable bonds is 44. The topological polar surface area (TPSA) is 60.5 Å². The quantitative estimate of drug-likeness (QED) is 0.0446. The van der Waals surface area contributed by atoms with Gasteiger partial charge in [0.15, 0.2) is 0 Å². The number of likely N-dealkylation sites (N-methyl/N-ethyl adjacent to an activating group) is 1. The molecule has 0 saturated carbocycles. The van der Waals surface area contributed by atoms with E-state index in [0.717, 1.165) is 87.5 Å². The molecule has 1 aliphatic heterocycles. The molecule has 0 aromatic rings. The van der Waals surface area contributed by atoms with Gasteiger partial charge >= 0.3 is 5.97 Å². The third kappa shape index (κ3) is 36.9. The number of nitrogens with zero attached hydrogens (tertiary/aromatic N) is 2. The van der Waals surface area contributed by atoms with Crippen molar-refractivity contribution in [1.29, 1.82) is 0 Å². The first-order chi connectivity index (χ1) is 31.0. The van der Waals surface area contributed by atoms with Gasteiger partial charge in [-0.25, -0.2) is 0 Å². The molecule has 0 aliphatic carbocycles. The first kappa shape index (κ1) is 62.3. The van der Waals surface area contributed by atoms with Crippen molar-refractivity contribution in [3.8, 4) is 0 Å². The van der Waals surface area contributed by atoms with Crippen LogP contribution in [0.2, 0.25) is 0 Å². The van der Waals surface area contributed by atoms with Crippen LogP contribution in [0.1, 0.15) is 224 Å². The third-order valence-electron chi connectivity index (χ3n) is 14.9. The van der Waals surface area contributed by atoms with E-state index in [9.17, 15) is 4.79 Å². The van der Waals surface area contributed by atoms with E-state index < -0.39 is 5.41 Å². The average molecular weight is 922 g/mol. The van der Waals surface area contributed by atoms with E-state index >= 15 is 0 Å². The van der Waals surface area contributed by atoms with Crippen LogP contribution >= 0.6 is 0 Å². The van der Waals surface area contributed by atoms with Crippen molar-refractivity contribution in [2.45, 2.75) is 224 Å². The molecule has 1 fully saturated rings. The Bertz CT molecular complexity index is 978. The summed E-state index contributed by atoms with van der Waals surface area (Å²) in [5, 5.41) is 0. The van der Waals surface area contributed by atoms with E-state index in [1.54, 1.807) is 0 Å². The maximum Gasteiger partial charge on any atom is 0.307 e. The van der Waals surface area contributed by atoms with Gasteiger partial charge in [-0.05, 0) is 79.6 Å². The van der Waals surface area contributed by atoms with Crippen LogP contribution in [0, 0.1) is 58.7 Å². The molecule has 0 spiro atoms. The summed E-state index contributed by atoms with van der Waals surface area (Å²) >= 11 is 0. The van der Waals surface area contributed by atoms with Gasteiger partial charge in [0.2, 0.25) is 0 Å². The van der Waals surface area contributed by atoms with Crippen LogP contribution in [-0.2, 0) is 23.7 Å². The third-order valence-corrected chi connectivity index (χ3v) is 14.9. The Kier molecular flexibility index (Phi) is 37.4. The van der Waals surface area contributed by atoms with E-state index in [4.69, 9.17) is 18.9 Å². The highest BCUT2D eigenvalue weighted by atomic mass is 16.5.